The number of halogens is 6. The van der Waals surface area contributed by atoms with E-state index in [1.54, 1.807) is 0 Å². The lowest BCUT2D eigenvalue weighted by atomic mass is 10.2. The van der Waals surface area contributed by atoms with Crippen molar-refractivity contribution in [2.45, 2.75) is 12.3 Å². The SMILES string of the molecule is Nc1cc(N)c(OCC(F)(F)C(F)F)c(F)c1Cl. The highest BCUT2D eigenvalue weighted by molar-refractivity contribution is 6.33. The molecule has 0 amide bonds. The first kappa shape index (κ1) is 14.6. The number of ether oxygens (including phenoxy) is 1. The second kappa shape index (κ2) is 5.05. The molecular formula is C9H8ClF5N2O. The molecule has 0 fully saturated rings. The predicted molar refractivity (Wildman–Crippen MR) is 56.7 cm³/mol. The molecule has 0 heterocycles. The Labute approximate surface area is 103 Å². The first-order valence-corrected chi connectivity index (χ1v) is 4.86. The summed E-state index contributed by atoms with van der Waals surface area (Å²) in [5, 5.41) is -0.584. The van der Waals surface area contributed by atoms with E-state index in [9.17, 15) is 22.0 Å². The van der Waals surface area contributed by atoms with Gasteiger partial charge in [-0.3, -0.25) is 0 Å². The maximum atomic E-state index is 13.5. The Kier molecular flexibility index (Phi) is 4.10. The standard InChI is InChI=1S/C9H8ClF5N2O/c10-5-3(16)1-4(17)7(6(5)11)18-2-9(14,15)8(12)13/h1,8H,2,16-17H2. The number of alkyl halides is 4. The van der Waals surface area contributed by atoms with Gasteiger partial charge in [0.15, 0.2) is 18.2 Å². The molecule has 0 saturated heterocycles. The Hall–Kier alpha value is -1.44. The molecule has 0 radical (unpaired) electrons. The van der Waals surface area contributed by atoms with Crippen molar-refractivity contribution in [1.82, 2.24) is 0 Å². The molecule has 9 heteroatoms. The van der Waals surface area contributed by atoms with E-state index >= 15 is 0 Å². The first-order valence-electron chi connectivity index (χ1n) is 4.48. The van der Waals surface area contributed by atoms with Crippen LogP contribution < -0.4 is 16.2 Å². The van der Waals surface area contributed by atoms with Crippen LogP contribution in [0.4, 0.5) is 33.3 Å². The smallest absolute Gasteiger partial charge is 0.340 e. The summed E-state index contributed by atoms with van der Waals surface area (Å²) in [7, 11) is 0. The molecule has 3 nitrogen and oxygen atoms in total. The number of hydrogen-bond donors (Lipinski definition) is 2. The van der Waals surface area contributed by atoms with Gasteiger partial charge in [0.1, 0.15) is 5.02 Å². The molecule has 0 aromatic heterocycles. The lowest BCUT2D eigenvalue weighted by molar-refractivity contribution is -0.148. The van der Waals surface area contributed by atoms with E-state index in [0.29, 0.717) is 0 Å². The summed E-state index contributed by atoms with van der Waals surface area (Å²) in [5.41, 5.74) is 9.87. The molecule has 0 aliphatic carbocycles. The average Bonchev–Trinajstić information content (AvgIpc) is 2.25. The monoisotopic (exact) mass is 290 g/mol. The average molecular weight is 291 g/mol. The van der Waals surface area contributed by atoms with Crippen molar-refractivity contribution in [2.75, 3.05) is 18.1 Å². The van der Waals surface area contributed by atoms with Gasteiger partial charge in [-0.05, 0) is 6.07 Å². The number of nitrogens with two attached hydrogens (primary N) is 2. The molecule has 0 unspecified atom stereocenters. The quantitative estimate of drug-likeness (QED) is 0.662. The normalized spacial score (nSPS) is 11.9. The highest BCUT2D eigenvalue weighted by atomic mass is 35.5. The molecule has 0 atom stereocenters. The third-order valence-corrected chi connectivity index (χ3v) is 2.33. The highest BCUT2D eigenvalue weighted by Gasteiger charge is 2.42. The molecule has 18 heavy (non-hydrogen) atoms. The molecule has 0 spiro atoms. The summed E-state index contributed by atoms with van der Waals surface area (Å²) in [6.07, 6.45) is -3.94. The molecule has 4 N–H and O–H groups in total. The van der Waals surface area contributed by atoms with Gasteiger partial charge >= 0.3 is 12.3 Å². The minimum absolute atomic E-state index is 0.223. The maximum absolute atomic E-state index is 13.5. The van der Waals surface area contributed by atoms with E-state index in [-0.39, 0.29) is 5.69 Å². The van der Waals surface area contributed by atoms with Gasteiger partial charge in [-0.1, -0.05) is 11.6 Å². The Balaban J connectivity index is 2.96. The third-order valence-electron chi connectivity index (χ3n) is 1.95. The molecule has 0 saturated carbocycles. The molecule has 0 aliphatic rings. The molecule has 1 rings (SSSR count). The minimum atomic E-state index is -4.42. The zero-order valence-corrected chi connectivity index (χ0v) is 9.45. The van der Waals surface area contributed by atoms with Crippen molar-refractivity contribution in [3.05, 3.63) is 16.9 Å². The molecule has 1 aromatic rings. The Bertz CT molecular complexity index is 455. The van der Waals surface area contributed by atoms with Crippen molar-refractivity contribution >= 4 is 23.0 Å². The largest absolute Gasteiger partial charge is 0.482 e. The zero-order chi connectivity index (χ0) is 14.1. The molecule has 0 aliphatic heterocycles. The summed E-state index contributed by atoms with van der Waals surface area (Å²) in [6, 6.07) is 0.973. The van der Waals surface area contributed by atoms with Gasteiger partial charge in [0.2, 0.25) is 0 Å². The summed E-state index contributed by atoms with van der Waals surface area (Å²) >= 11 is 5.40. The van der Waals surface area contributed by atoms with Crippen LogP contribution in [0.15, 0.2) is 6.07 Å². The highest BCUT2D eigenvalue weighted by Crippen LogP contribution is 2.36. The van der Waals surface area contributed by atoms with Gasteiger partial charge in [-0.25, -0.2) is 13.2 Å². The van der Waals surface area contributed by atoms with E-state index in [1.807, 2.05) is 0 Å². The molecule has 102 valence electrons. The van der Waals surface area contributed by atoms with Crippen molar-refractivity contribution in [1.29, 1.82) is 0 Å². The van der Waals surface area contributed by atoms with Gasteiger partial charge < -0.3 is 16.2 Å². The van der Waals surface area contributed by atoms with Crippen molar-refractivity contribution in [3.8, 4) is 5.75 Å². The van der Waals surface area contributed by atoms with Crippen LogP contribution in [0.25, 0.3) is 0 Å². The van der Waals surface area contributed by atoms with Crippen LogP contribution >= 0.6 is 11.6 Å². The van der Waals surface area contributed by atoms with Crippen LogP contribution in [0.3, 0.4) is 0 Å². The number of anilines is 2. The lowest BCUT2D eigenvalue weighted by Gasteiger charge is -2.17. The summed E-state index contributed by atoms with van der Waals surface area (Å²) in [6.45, 7) is -1.73. The van der Waals surface area contributed by atoms with Crippen LogP contribution in [0, 0.1) is 5.82 Å². The topological polar surface area (TPSA) is 61.3 Å². The van der Waals surface area contributed by atoms with Crippen LogP contribution in [-0.4, -0.2) is 19.0 Å². The fraction of sp³-hybridized carbons (Fsp3) is 0.333. The second-order valence-corrected chi connectivity index (χ2v) is 3.74. The third kappa shape index (κ3) is 2.87. The first-order chi connectivity index (χ1) is 8.16. The Morgan fingerprint density at radius 2 is 1.83 bits per heavy atom. The van der Waals surface area contributed by atoms with Gasteiger partial charge in [0.25, 0.3) is 0 Å². The van der Waals surface area contributed by atoms with E-state index in [0.717, 1.165) is 6.07 Å². The number of hydrogen-bond acceptors (Lipinski definition) is 3. The minimum Gasteiger partial charge on any atom is -0.482 e. The summed E-state index contributed by atoms with van der Waals surface area (Å²) in [5.74, 6) is -6.54. The second-order valence-electron chi connectivity index (χ2n) is 3.36. The van der Waals surface area contributed by atoms with Gasteiger partial charge in [0.05, 0.1) is 11.4 Å². The van der Waals surface area contributed by atoms with Gasteiger partial charge in [0, 0.05) is 0 Å². The summed E-state index contributed by atoms with van der Waals surface area (Å²) < 4.78 is 66.6. The number of nitrogen functional groups attached to an aromatic ring is 2. The lowest BCUT2D eigenvalue weighted by Crippen LogP contribution is -2.34. The van der Waals surface area contributed by atoms with Crippen LogP contribution in [0.2, 0.25) is 5.02 Å². The Morgan fingerprint density at radius 1 is 1.28 bits per heavy atom. The van der Waals surface area contributed by atoms with E-state index < -0.39 is 41.2 Å². The molecule has 1 aromatic carbocycles. The van der Waals surface area contributed by atoms with E-state index in [4.69, 9.17) is 23.1 Å². The fourth-order valence-electron chi connectivity index (χ4n) is 1.03. The van der Waals surface area contributed by atoms with Gasteiger partial charge in [-0.2, -0.15) is 8.78 Å². The maximum Gasteiger partial charge on any atom is 0.340 e. The Morgan fingerprint density at radius 3 is 2.33 bits per heavy atom. The van der Waals surface area contributed by atoms with E-state index in [1.165, 1.54) is 0 Å². The van der Waals surface area contributed by atoms with E-state index in [2.05, 4.69) is 4.74 Å². The number of rotatable bonds is 4. The van der Waals surface area contributed by atoms with Crippen molar-refractivity contribution in [3.63, 3.8) is 0 Å². The number of benzene rings is 1. The van der Waals surface area contributed by atoms with Crippen LogP contribution in [-0.2, 0) is 0 Å². The van der Waals surface area contributed by atoms with Crippen LogP contribution in [0.1, 0.15) is 0 Å². The van der Waals surface area contributed by atoms with Crippen molar-refractivity contribution in [2.24, 2.45) is 0 Å². The predicted octanol–water partition coefficient (Wildman–Crippen LogP) is 2.92. The zero-order valence-electron chi connectivity index (χ0n) is 8.69. The van der Waals surface area contributed by atoms with Gasteiger partial charge in [-0.15, -0.1) is 0 Å². The van der Waals surface area contributed by atoms with Crippen LogP contribution in [0.5, 0.6) is 5.75 Å². The fourth-order valence-corrected chi connectivity index (χ4v) is 1.17. The van der Waals surface area contributed by atoms with Crippen molar-refractivity contribution < 1.29 is 26.7 Å². The summed E-state index contributed by atoms with van der Waals surface area (Å²) in [4.78, 5) is 0. The molecular weight excluding hydrogens is 283 g/mol. The molecule has 0 bridgehead atoms.